The van der Waals surface area contributed by atoms with Crippen LogP contribution >= 0.6 is 0 Å². The Kier molecular flexibility index (Phi) is 6.36. The zero-order valence-electron chi connectivity index (χ0n) is 16.5. The third-order valence-corrected chi connectivity index (χ3v) is 5.52. The Hall–Kier alpha value is -0.980. The van der Waals surface area contributed by atoms with Gasteiger partial charge in [0.15, 0.2) is 6.04 Å². The molecule has 2 aliphatic rings. The van der Waals surface area contributed by atoms with Crippen LogP contribution in [0.4, 0.5) is 0 Å². The van der Waals surface area contributed by atoms with Gasteiger partial charge in [0.25, 0.3) is 0 Å². The quantitative estimate of drug-likeness (QED) is 0.623. The fourth-order valence-corrected chi connectivity index (χ4v) is 4.10. The van der Waals surface area contributed by atoms with E-state index in [0.29, 0.717) is 11.1 Å². The Morgan fingerprint density at radius 2 is 1.85 bits per heavy atom. The molecule has 5 nitrogen and oxygen atoms in total. The third-order valence-electron chi connectivity index (χ3n) is 5.52. The summed E-state index contributed by atoms with van der Waals surface area (Å²) in [4.78, 5) is 0. The summed E-state index contributed by atoms with van der Waals surface area (Å²) < 4.78 is 19.3. The molecular formula is C21H34NO4+. The van der Waals surface area contributed by atoms with Gasteiger partial charge in [0.05, 0.1) is 33.4 Å². The molecule has 0 spiro atoms. The van der Waals surface area contributed by atoms with Crippen LogP contribution in [0.25, 0.3) is 0 Å². The molecule has 0 amide bonds. The first-order valence-corrected chi connectivity index (χ1v) is 9.88. The average molecular weight is 365 g/mol. The maximum Gasteiger partial charge on any atom is 0.213 e. The Morgan fingerprint density at radius 3 is 2.50 bits per heavy atom. The molecule has 0 unspecified atom stereocenters. The van der Waals surface area contributed by atoms with Crippen LogP contribution in [0.3, 0.4) is 0 Å². The van der Waals surface area contributed by atoms with Crippen molar-refractivity contribution in [2.75, 3.05) is 27.7 Å². The number of benzene rings is 1. The monoisotopic (exact) mass is 364 g/mol. The summed E-state index contributed by atoms with van der Waals surface area (Å²) in [5.41, 5.74) is 1.17. The number of rotatable bonds is 6. The maximum absolute atomic E-state index is 11.2. The van der Waals surface area contributed by atoms with Gasteiger partial charge in [0, 0.05) is 6.61 Å². The first-order chi connectivity index (χ1) is 12.4. The Bertz CT molecular complexity index is 559. The number of fused-ring (bicyclic) bond motifs is 1. The van der Waals surface area contributed by atoms with Gasteiger partial charge in [-0.05, 0) is 24.8 Å². The van der Waals surface area contributed by atoms with Crippen molar-refractivity contribution in [2.24, 2.45) is 0 Å². The third kappa shape index (κ3) is 4.29. The highest BCUT2D eigenvalue weighted by Crippen LogP contribution is 2.39. The first kappa shape index (κ1) is 19.8. The minimum Gasteiger partial charge on any atom is -0.384 e. The highest BCUT2D eigenvalue weighted by molar-refractivity contribution is 5.18. The SMILES string of the molecule is CCCCO[C@@H]1O[C@@H]2CC[C@H](c3ccccc3)O[C@H]2[C@H](O)[C@H]1[N+](C)(C)C. The van der Waals surface area contributed by atoms with Gasteiger partial charge >= 0.3 is 0 Å². The number of ether oxygens (including phenoxy) is 3. The van der Waals surface area contributed by atoms with Crippen molar-refractivity contribution in [2.45, 2.75) is 69.4 Å². The van der Waals surface area contributed by atoms with Crippen LogP contribution < -0.4 is 0 Å². The van der Waals surface area contributed by atoms with Crippen molar-refractivity contribution < 1.29 is 23.8 Å². The summed E-state index contributed by atoms with van der Waals surface area (Å²) in [6.07, 6.45) is 2.43. The van der Waals surface area contributed by atoms with Gasteiger partial charge in [0.1, 0.15) is 12.2 Å². The number of hydrogen-bond donors (Lipinski definition) is 1. The van der Waals surface area contributed by atoms with E-state index in [1.807, 2.05) is 18.2 Å². The lowest BCUT2D eigenvalue weighted by Gasteiger charge is -2.51. The van der Waals surface area contributed by atoms with E-state index in [-0.39, 0.29) is 24.4 Å². The van der Waals surface area contributed by atoms with Crippen LogP contribution in [-0.4, -0.2) is 68.0 Å². The van der Waals surface area contributed by atoms with Crippen LogP contribution in [0.1, 0.15) is 44.3 Å². The van der Waals surface area contributed by atoms with E-state index in [1.54, 1.807) is 0 Å². The average Bonchev–Trinajstić information content (AvgIpc) is 2.61. The van der Waals surface area contributed by atoms with Crippen LogP contribution in [0.2, 0.25) is 0 Å². The smallest absolute Gasteiger partial charge is 0.213 e. The lowest BCUT2D eigenvalue weighted by atomic mass is 9.88. The number of likely N-dealkylation sites (N-methyl/N-ethyl adjacent to an activating group) is 1. The number of aliphatic hydroxyl groups is 1. The van der Waals surface area contributed by atoms with Gasteiger partial charge in [-0.25, -0.2) is 0 Å². The number of unbranched alkanes of at least 4 members (excludes halogenated alkanes) is 1. The molecule has 0 saturated carbocycles. The van der Waals surface area contributed by atoms with Gasteiger partial charge in [-0.3, -0.25) is 0 Å². The minimum atomic E-state index is -0.619. The standard InChI is InChI=1S/C21H34NO4/c1-5-6-14-24-21-18(22(2,3)4)19(23)20-17(26-21)13-12-16(25-20)15-10-8-7-9-11-15/h7-11,16-21,23H,5-6,12-14H2,1-4H3/q+1/t16-,17-,18-,19-,20-,21-/m1/s1. The Balaban J connectivity index is 1.75. The van der Waals surface area contributed by atoms with Crippen LogP contribution in [0.15, 0.2) is 30.3 Å². The predicted molar refractivity (Wildman–Crippen MR) is 101 cm³/mol. The number of hydrogen-bond acceptors (Lipinski definition) is 4. The molecule has 146 valence electrons. The van der Waals surface area contributed by atoms with Crippen molar-refractivity contribution in [3.05, 3.63) is 35.9 Å². The molecule has 0 bridgehead atoms. The molecule has 1 aromatic carbocycles. The molecule has 1 aromatic rings. The fraction of sp³-hybridized carbons (Fsp3) is 0.714. The molecule has 0 aromatic heterocycles. The van der Waals surface area contributed by atoms with Crippen molar-refractivity contribution >= 4 is 0 Å². The predicted octanol–water partition coefficient (Wildman–Crippen LogP) is 2.88. The molecule has 2 aliphatic heterocycles. The van der Waals surface area contributed by atoms with E-state index >= 15 is 0 Å². The number of nitrogens with zero attached hydrogens (tertiary/aromatic N) is 1. The van der Waals surface area contributed by atoms with E-state index in [1.165, 1.54) is 5.56 Å². The molecule has 1 N–H and O–H groups in total. The molecular weight excluding hydrogens is 330 g/mol. The van der Waals surface area contributed by atoms with E-state index in [4.69, 9.17) is 14.2 Å². The second-order valence-corrected chi connectivity index (χ2v) is 8.44. The number of aliphatic hydroxyl groups excluding tert-OH is 1. The second kappa shape index (κ2) is 8.36. The van der Waals surface area contributed by atoms with E-state index in [9.17, 15) is 5.11 Å². The zero-order chi connectivity index (χ0) is 18.7. The van der Waals surface area contributed by atoms with Crippen molar-refractivity contribution in [1.82, 2.24) is 0 Å². The largest absolute Gasteiger partial charge is 0.384 e. The van der Waals surface area contributed by atoms with Gasteiger partial charge in [-0.1, -0.05) is 43.7 Å². The van der Waals surface area contributed by atoms with Crippen molar-refractivity contribution in [3.8, 4) is 0 Å². The lowest BCUT2D eigenvalue weighted by Crippen LogP contribution is -2.69. The van der Waals surface area contributed by atoms with E-state index < -0.39 is 12.4 Å². The van der Waals surface area contributed by atoms with Crippen molar-refractivity contribution in [3.63, 3.8) is 0 Å². The molecule has 3 rings (SSSR count). The zero-order valence-corrected chi connectivity index (χ0v) is 16.5. The van der Waals surface area contributed by atoms with Gasteiger partial charge in [-0.2, -0.15) is 0 Å². The summed E-state index contributed by atoms with van der Waals surface area (Å²) in [7, 11) is 6.22. The number of quaternary nitrogens is 1. The Labute approximate surface area is 157 Å². The summed E-state index contributed by atoms with van der Waals surface area (Å²) in [6.45, 7) is 2.81. The fourth-order valence-electron chi connectivity index (χ4n) is 4.10. The molecule has 2 saturated heterocycles. The molecule has 0 aliphatic carbocycles. The lowest BCUT2D eigenvalue weighted by molar-refractivity contribution is -0.910. The van der Waals surface area contributed by atoms with Crippen LogP contribution in [0.5, 0.6) is 0 Å². The molecule has 0 radical (unpaired) electrons. The summed E-state index contributed by atoms with van der Waals surface area (Å²) in [5.74, 6) is 0. The molecule has 2 heterocycles. The minimum absolute atomic E-state index is 0.0152. The summed E-state index contributed by atoms with van der Waals surface area (Å²) in [5, 5.41) is 11.2. The van der Waals surface area contributed by atoms with Crippen LogP contribution in [-0.2, 0) is 14.2 Å². The van der Waals surface area contributed by atoms with E-state index in [0.717, 1.165) is 25.7 Å². The van der Waals surface area contributed by atoms with Gasteiger partial charge in [0.2, 0.25) is 6.29 Å². The van der Waals surface area contributed by atoms with Crippen LogP contribution in [0, 0.1) is 0 Å². The van der Waals surface area contributed by atoms with Crippen molar-refractivity contribution in [1.29, 1.82) is 0 Å². The Morgan fingerprint density at radius 1 is 1.12 bits per heavy atom. The molecule has 2 fully saturated rings. The highest BCUT2D eigenvalue weighted by atomic mass is 16.7. The van der Waals surface area contributed by atoms with Gasteiger partial charge in [-0.15, -0.1) is 0 Å². The normalized spacial score (nSPS) is 35.1. The summed E-state index contributed by atoms with van der Waals surface area (Å²) >= 11 is 0. The molecule has 6 atom stereocenters. The topological polar surface area (TPSA) is 47.9 Å². The second-order valence-electron chi connectivity index (χ2n) is 8.44. The molecule has 5 heteroatoms. The maximum atomic E-state index is 11.2. The summed E-state index contributed by atoms with van der Waals surface area (Å²) in [6, 6.07) is 10.1. The van der Waals surface area contributed by atoms with E-state index in [2.05, 4.69) is 40.2 Å². The molecule has 26 heavy (non-hydrogen) atoms. The van der Waals surface area contributed by atoms with Gasteiger partial charge < -0.3 is 23.8 Å². The highest BCUT2D eigenvalue weighted by Gasteiger charge is 2.54. The first-order valence-electron chi connectivity index (χ1n) is 9.88.